The molecule has 1 fully saturated rings. The molecule has 78 valence electrons. The summed E-state index contributed by atoms with van der Waals surface area (Å²) >= 11 is 2.01. The molecule has 1 aromatic heterocycles. The molecule has 0 aromatic carbocycles. The third-order valence-corrected chi connectivity index (χ3v) is 3.49. The number of thioether (sulfide) groups is 1. The second kappa shape index (κ2) is 4.79. The van der Waals surface area contributed by atoms with Gasteiger partial charge in [-0.05, 0) is 25.5 Å². The van der Waals surface area contributed by atoms with E-state index in [1.807, 2.05) is 18.7 Å². The molecule has 0 aliphatic carbocycles. The number of rotatable bonds is 3. The van der Waals surface area contributed by atoms with Gasteiger partial charge in [-0.3, -0.25) is 0 Å². The van der Waals surface area contributed by atoms with Crippen molar-refractivity contribution in [3.05, 3.63) is 11.7 Å². The fourth-order valence-corrected chi connectivity index (χ4v) is 2.65. The number of hydrogen-bond acceptors (Lipinski definition) is 5. The van der Waals surface area contributed by atoms with Crippen LogP contribution in [0.1, 0.15) is 24.6 Å². The van der Waals surface area contributed by atoms with Gasteiger partial charge < -0.3 is 9.84 Å². The summed E-state index contributed by atoms with van der Waals surface area (Å²) in [6, 6.07) is 0.612. The van der Waals surface area contributed by atoms with E-state index in [-0.39, 0.29) is 0 Å². The standard InChI is InChI=1S/C9H15N3OS/c1-7-11-9(13-12-7)5-10-8-3-2-4-14-6-8/h8,10H,2-6H2,1H3. The van der Waals surface area contributed by atoms with E-state index < -0.39 is 0 Å². The first-order chi connectivity index (χ1) is 6.84. The van der Waals surface area contributed by atoms with Crippen molar-refractivity contribution in [2.45, 2.75) is 32.4 Å². The Kier molecular flexibility index (Phi) is 3.42. The van der Waals surface area contributed by atoms with Gasteiger partial charge in [0.15, 0.2) is 5.82 Å². The van der Waals surface area contributed by atoms with E-state index in [9.17, 15) is 0 Å². The molecule has 0 amide bonds. The van der Waals surface area contributed by atoms with Gasteiger partial charge in [0.2, 0.25) is 5.89 Å². The van der Waals surface area contributed by atoms with Crippen molar-refractivity contribution in [3.63, 3.8) is 0 Å². The van der Waals surface area contributed by atoms with Crippen LogP contribution in [0.25, 0.3) is 0 Å². The van der Waals surface area contributed by atoms with Crippen molar-refractivity contribution in [2.75, 3.05) is 11.5 Å². The Morgan fingerprint density at radius 2 is 2.57 bits per heavy atom. The molecule has 14 heavy (non-hydrogen) atoms. The highest BCUT2D eigenvalue weighted by molar-refractivity contribution is 7.99. The molecule has 1 saturated heterocycles. The topological polar surface area (TPSA) is 51.0 Å². The second-order valence-electron chi connectivity index (χ2n) is 3.53. The maximum atomic E-state index is 5.02. The smallest absolute Gasteiger partial charge is 0.240 e. The summed E-state index contributed by atoms with van der Waals surface area (Å²) in [5, 5.41) is 7.18. The predicted octanol–water partition coefficient (Wildman–Crippen LogP) is 1.36. The summed E-state index contributed by atoms with van der Waals surface area (Å²) in [4.78, 5) is 4.15. The molecule has 4 nitrogen and oxygen atoms in total. The highest BCUT2D eigenvalue weighted by Crippen LogP contribution is 2.17. The molecule has 0 spiro atoms. The lowest BCUT2D eigenvalue weighted by Crippen LogP contribution is -2.33. The monoisotopic (exact) mass is 213 g/mol. The summed E-state index contributed by atoms with van der Waals surface area (Å²) in [6.07, 6.45) is 2.57. The molecule has 0 saturated carbocycles. The fourth-order valence-electron chi connectivity index (χ4n) is 1.55. The van der Waals surface area contributed by atoms with Gasteiger partial charge in [0, 0.05) is 11.8 Å². The van der Waals surface area contributed by atoms with Crippen LogP contribution in [0.5, 0.6) is 0 Å². The summed E-state index contributed by atoms with van der Waals surface area (Å²) in [6.45, 7) is 2.54. The van der Waals surface area contributed by atoms with Gasteiger partial charge in [-0.15, -0.1) is 0 Å². The van der Waals surface area contributed by atoms with Crippen LogP contribution in [-0.4, -0.2) is 27.7 Å². The molecule has 1 aliphatic heterocycles. The second-order valence-corrected chi connectivity index (χ2v) is 4.68. The number of aryl methyl sites for hydroxylation is 1. The minimum absolute atomic E-state index is 0.612. The normalized spacial score (nSPS) is 22.5. The van der Waals surface area contributed by atoms with Gasteiger partial charge in [-0.2, -0.15) is 16.7 Å². The van der Waals surface area contributed by atoms with Gasteiger partial charge >= 0.3 is 0 Å². The highest BCUT2D eigenvalue weighted by Gasteiger charge is 2.13. The van der Waals surface area contributed by atoms with Crippen LogP contribution >= 0.6 is 11.8 Å². The minimum atomic E-state index is 0.612. The van der Waals surface area contributed by atoms with Crippen LogP contribution in [0.15, 0.2) is 4.52 Å². The molecular weight excluding hydrogens is 198 g/mol. The van der Waals surface area contributed by atoms with Crippen molar-refractivity contribution in [1.29, 1.82) is 0 Å². The highest BCUT2D eigenvalue weighted by atomic mass is 32.2. The van der Waals surface area contributed by atoms with Crippen LogP contribution in [0.3, 0.4) is 0 Å². The van der Waals surface area contributed by atoms with Crippen LogP contribution in [0, 0.1) is 6.92 Å². The van der Waals surface area contributed by atoms with E-state index in [2.05, 4.69) is 15.5 Å². The molecule has 1 atom stereocenters. The lowest BCUT2D eigenvalue weighted by Gasteiger charge is -2.21. The Bertz CT molecular complexity index is 283. The van der Waals surface area contributed by atoms with Crippen molar-refractivity contribution in [2.24, 2.45) is 0 Å². The summed E-state index contributed by atoms with van der Waals surface area (Å²) in [7, 11) is 0. The van der Waals surface area contributed by atoms with E-state index in [4.69, 9.17) is 4.52 Å². The largest absolute Gasteiger partial charge is 0.338 e. The summed E-state index contributed by atoms with van der Waals surface area (Å²) in [5.74, 6) is 3.91. The molecule has 2 rings (SSSR count). The van der Waals surface area contributed by atoms with E-state index in [0.717, 1.165) is 0 Å². The number of nitrogens with zero attached hydrogens (tertiary/aromatic N) is 2. The quantitative estimate of drug-likeness (QED) is 0.821. The number of aromatic nitrogens is 2. The average molecular weight is 213 g/mol. The molecule has 0 radical (unpaired) electrons. The number of nitrogens with one attached hydrogen (secondary N) is 1. The zero-order valence-electron chi connectivity index (χ0n) is 8.32. The van der Waals surface area contributed by atoms with Crippen molar-refractivity contribution in [1.82, 2.24) is 15.5 Å². The minimum Gasteiger partial charge on any atom is -0.338 e. The Balaban J connectivity index is 1.76. The summed E-state index contributed by atoms with van der Waals surface area (Å²) < 4.78 is 5.02. The van der Waals surface area contributed by atoms with Gasteiger partial charge in [0.05, 0.1) is 6.54 Å². The van der Waals surface area contributed by atoms with Gasteiger partial charge in [0.1, 0.15) is 0 Å². The SMILES string of the molecule is Cc1noc(CNC2CCCSC2)n1. The zero-order valence-corrected chi connectivity index (χ0v) is 9.14. The Morgan fingerprint density at radius 3 is 3.21 bits per heavy atom. The van der Waals surface area contributed by atoms with Crippen LogP contribution < -0.4 is 5.32 Å². The Morgan fingerprint density at radius 1 is 1.64 bits per heavy atom. The first-order valence-corrected chi connectivity index (χ1v) is 6.10. The molecule has 1 unspecified atom stereocenters. The van der Waals surface area contributed by atoms with E-state index in [0.29, 0.717) is 24.3 Å². The maximum Gasteiger partial charge on any atom is 0.240 e. The summed E-state index contributed by atoms with van der Waals surface area (Å²) in [5.41, 5.74) is 0. The molecular formula is C9H15N3OS. The lowest BCUT2D eigenvalue weighted by atomic mass is 10.2. The molecule has 2 heterocycles. The first kappa shape index (κ1) is 9.98. The molecule has 1 aromatic rings. The van der Waals surface area contributed by atoms with Crippen LogP contribution in [-0.2, 0) is 6.54 Å². The maximum absolute atomic E-state index is 5.02. The average Bonchev–Trinajstić information content (AvgIpc) is 2.63. The lowest BCUT2D eigenvalue weighted by molar-refractivity contribution is 0.354. The van der Waals surface area contributed by atoms with Crippen LogP contribution in [0.2, 0.25) is 0 Å². The van der Waals surface area contributed by atoms with E-state index >= 15 is 0 Å². The predicted molar refractivity (Wildman–Crippen MR) is 56.2 cm³/mol. The molecule has 0 bridgehead atoms. The molecule has 1 N–H and O–H groups in total. The third kappa shape index (κ3) is 2.72. The van der Waals surface area contributed by atoms with Crippen molar-refractivity contribution in [3.8, 4) is 0 Å². The molecule has 1 aliphatic rings. The Labute approximate surface area is 87.8 Å². The first-order valence-electron chi connectivity index (χ1n) is 4.95. The van der Waals surface area contributed by atoms with E-state index in [1.54, 1.807) is 0 Å². The van der Waals surface area contributed by atoms with Gasteiger partial charge in [-0.1, -0.05) is 5.16 Å². The third-order valence-electron chi connectivity index (χ3n) is 2.27. The van der Waals surface area contributed by atoms with Crippen LogP contribution in [0.4, 0.5) is 0 Å². The van der Waals surface area contributed by atoms with Gasteiger partial charge in [0.25, 0.3) is 0 Å². The van der Waals surface area contributed by atoms with E-state index in [1.165, 1.54) is 24.3 Å². The van der Waals surface area contributed by atoms with Crippen molar-refractivity contribution < 1.29 is 4.52 Å². The molecule has 5 heteroatoms. The van der Waals surface area contributed by atoms with Gasteiger partial charge in [-0.25, -0.2) is 0 Å². The van der Waals surface area contributed by atoms with Crippen molar-refractivity contribution >= 4 is 11.8 Å². The zero-order chi connectivity index (χ0) is 9.80. The fraction of sp³-hybridized carbons (Fsp3) is 0.778. The number of hydrogen-bond donors (Lipinski definition) is 1. The Hall–Kier alpha value is -0.550.